The van der Waals surface area contributed by atoms with Gasteiger partial charge < -0.3 is 10.1 Å². The molecule has 2 heterocycles. The van der Waals surface area contributed by atoms with Gasteiger partial charge in [-0.05, 0) is 26.8 Å². The summed E-state index contributed by atoms with van der Waals surface area (Å²) in [4.78, 5) is 0. The highest BCUT2D eigenvalue weighted by Gasteiger charge is 2.37. The van der Waals surface area contributed by atoms with Crippen molar-refractivity contribution in [3.8, 4) is 0 Å². The number of nitrogens with zero attached hydrogens (tertiary/aromatic N) is 2. The second-order valence-electron chi connectivity index (χ2n) is 5.24. The molecule has 2 rings (SSSR count). The minimum Gasteiger partial charge on any atom is -0.373 e. The molecule has 114 valence electrons. The number of nitrogens with one attached hydrogen (secondary N) is 1. The Hall–Kier alpha value is 0.0800. The molecular weight excluding hydrogens is 290 g/mol. The van der Waals surface area contributed by atoms with E-state index in [1.165, 1.54) is 4.31 Å². The van der Waals surface area contributed by atoms with Gasteiger partial charge in [-0.15, -0.1) is 12.4 Å². The summed E-state index contributed by atoms with van der Waals surface area (Å²) in [5.41, 5.74) is 0. The largest absolute Gasteiger partial charge is 0.373 e. The fourth-order valence-corrected chi connectivity index (χ4v) is 4.36. The molecule has 3 atom stereocenters. The lowest BCUT2D eigenvalue weighted by Crippen LogP contribution is -2.54. The molecule has 2 fully saturated rings. The van der Waals surface area contributed by atoms with Crippen molar-refractivity contribution in [2.75, 3.05) is 33.2 Å². The van der Waals surface area contributed by atoms with Crippen molar-refractivity contribution in [3.05, 3.63) is 0 Å². The number of hydrogen-bond donors (Lipinski definition) is 1. The zero-order valence-corrected chi connectivity index (χ0v) is 13.3. The average Bonchev–Trinajstić information content (AvgIpc) is 2.79. The van der Waals surface area contributed by atoms with Gasteiger partial charge in [0.1, 0.15) is 0 Å². The molecule has 2 aliphatic heterocycles. The molecule has 0 aromatic heterocycles. The summed E-state index contributed by atoms with van der Waals surface area (Å²) in [5.74, 6) is 0. The molecule has 0 radical (unpaired) electrons. The summed E-state index contributed by atoms with van der Waals surface area (Å²) in [6.45, 7) is 6.34. The zero-order valence-electron chi connectivity index (χ0n) is 11.7. The van der Waals surface area contributed by atoms with Crippen molar-refractivity contribution < 1.29 is 13.2 Å². The molecule has 0 spiro atoms. The first-order chi connectivity index (χ1) is 8.41. The third kappa shape index (κ3) is 3.80. The van der Waals surface area contributed by atoms with E-state index in [2.05, 4.69) is 5.32 Å². The molecule has 1 N–H and O–H groups in total. The third-order valence-electron chi connectivity index (χ3n) is 3.62. The van der Waals surface area contributed by atoms with Gasteiger partial charge in [-0.3, -0.25) is 0 Å². The molecule has 0 aromatic rings. The van der Waals surface area contributed by atoms with E-state index in [1.807, 2.05) is 13.8 Å². The second-order valence-corrected chi connectivity index (χ2v) is 7.23. The molecule has 0 aliphatic carbocycles. The normalized spacial score (nSPS) is 33.4. The zero-order chi connectivity index (χ0) is 13.3. The lowest BCUT2D eigenvalue weighted by molar-refractivity contribution is -0.0455. The molecular formula is C11H24ClN3O3S. The smallest absolute Gasteiger partial charge is 0.282 e. The average molecular weight is 314 g/mol. The number of halogens is 1. The first-order valence-corrected chi connectivity index (χ1v) is 7.90. The monoisotopic (exact) mass is 313 g/mol. The summed E-state index contributed by atoms with van der Waals surface area (Å²) in [5, 5.41) is 3.20. The molecule has 6 nitrogen and oxygen atoms in total. The molecule has 2 aliphatic rings. The molecule has 0 bridgehead atoms. The number of likely N-dealkylation sites (N-methyl/N-ethyl adjacent to an activating group) is 1. The van der Waals surface area contributed by atoms with Crippen LogP contribution in [0.4, 0.5) is 0 Å². The minimum absolute atomic E-state index is 0. The van der Waals surface area contributed by atoms with Gasteiger partial charge in [0.25, 0.3) is 10.2 Å². The van der Waals surface area contributed by atoms with Gasteiger partial charge in [0.05, 0.1) is 12.2 Å². The highest BCUT2D eigenvalue weighted by Crippen LogP contribution is 2.19. The van der Waals surface area contributed by atoms with Gasteiger partial charge in [-0.25, -0.2) is 0 Å². The fourth-order valence-electron chi connectivity index (χ4n) is 2.64. The van der Waals surface area contributed by atoms with Crippen LogP contribution in [-0.4, -0.2) is 68.5 Å². The first kappa shape index (κ1) is 17.1. The Bertz CT molecular complexity index is 377. The molecule has 19 heavy (non-hydrogen) atoms. The van der Waals surface area contributed by atoms with Crippen molar-refractivity contribution in [2.24, 2.45) is 0 Å². The highest BCUT2D eigenvalue weighted by molar-refractivity contribution is 7.86. The number of rotatable bonds is 3. The van der Waals surface area contributed by atoms with E-state index in [-0.39, 0.29) is 30.7 Å². The minimum atomic E-state index is -3.36. The van der Waals surface area contributed by atoms with Crippen LogP contribution >= 0.6 is 12.4 Å². The van der Waals surface area contributed by atoms with E-state index in [0.29, 0.717) is 13.1 Å². The van der Waals surface area contributed by atoms with Crippen LogP contribution in [-0.2, 0) is 14.9 Å². The summed E-state index contributed by atoms with van der Waals surface area (Å²) in [7, 11) is -1.69. The van der Waals surface area contributed by atoms with Crippen LogP contribution in [0, 0.1) is 0 Å². The van der Waals surface area contributed by atoms with Gasteiger partial charge in [-0.2, -0.15) is 17.0 Å². The van der Waals surface area contributed by atoms with Crippen molar-refractivity contribution in [1.29, 1.82) is 0 Å². The number of hydrogen-bond acceptors (Lipinski definition) is 4. The van der Waals surface area contributed by atoms with E-state index in [4.69, 9.17) is 4.74 Å². The Balaban J connectivity index is 0.00000180. The lowest BCUT2D eigenvalue weighted by atomic mass is 10.3. The SMILES string of the molecule is CC1CN(S(=O)(=O)N(C)C2CCNC2)CC(C)O1.Cl. The number of ether oxygens (including phenoxy) is 1. The summed E-state index contributed by atoms with van der Waals surface area (Å²) in [6, 6.07) is 0.0726. The fraction of sp³-hybridized carbons (Fsp3) is 1.00. The van der Waals surface area contributed by atoms with Crippen molar-refractivity contribution in [1.82, 2.24) is 13.9 Å². The molecule has 8 heteroatoms. The van der Waals surface area contributed by atoms with Gasteiger partial charge in [0, 0.05) is 32.7 Å². The molecule has 3 unspecified atom stereocenters. The van der Waals surface area contributed by atoms with E-state index in [9.17, 15) is 8.42 Å². The van der Waals surface area contributed by atoms with Gasteiger partial charge >= 0.3 is 0 Å². The molecule has 2 saturated heterocycles. The summed E-state index contributed by atoms with van der Waals surface area (Å²) < 4.78 is 33.7. The van der Waals surface area contributed by atoms with Crippen LogP contribution in [0.25, 0.3) is 0 Å². The summed E-state index contributed by atoms with van der Waals surface area (Å²) >= 11 is 0. The van der Waals surface area contributed by atoms with Crippen molar-refractivity contribution in [2.45, 2.75) is 38.5 Å². The van der Waals surface area contributed by atoms with Crippen LogP contribution in [0.15, 0.2) is 0 Å². The Morgan fingerprint density at radius 2 is 1.84 bits per heavy atom. The maximum absolute atomic E-state index is 12.5. The van der Waals surface area contributed by atoms with Gasteiger partial charge in [0.15, 0.2) is 0 Å². The third-order valence-corrected chi connectivity index (χ3v) is 5.60. The van der Waals surface area contributed by atoms with Gasteiger partial charge in [-0.1, -0.05) is 0 Å². The van der Waals surface area contributed by atoms with Crippen LogP contribution in [0.2, 0.25) is 0 Å². The van der Waals surface area contributed by atoms with E-state index >= 15 is 0 Å². The molecule has 0 saturated carbocycles. The predicted molar refractivity (Wildman–Crippen MR) is 76.8 cm³/mol. The van der Waals surface area contributed by atoms with E-state index < -0.39 is 10.2 Å². The number of morpholine rings is 1. The van der Waals surface area contributed by atoms with Crippen LogP contribution < -0.4 is 5.32 Å². The second kappa shape index (κ2) is 6.69. The first-order valence-electron chi connectivity index (χ1n) is 6.50. The van der Waals surface area contributed by atoms with Crippen molar-refractivity contribution >= 4 is 22.6 Å². The lowest BCUT2D eigenvalue weighted by Gasteiger charge is -2.37. The standard InChI is InChI=1S/C11H23N3O3S.ClH/c1-9-7-14(8-10(2)17-9)18(15,16)13(3)11-4-5-12-6-11;/h9-12H,4-8H2,1-3H3;1H. The summed E-state index contributed by atoms with van der Waals surface area (Å²) in [6.07, 6.45) is 0.794. The quantitative estimate of drug-likeness (QED) is 0.800. The maximum atomic E-state index is 12.5. The molecule has 0 amide bonds. The van der Waals surface area contributed by atoms with Crippen molar-refractivity contribution in [3.63, 3.8) is 0 Å². The maximum Gasteiger partial charge on any atom is 0.282 e. The Morgan fingerprint density at radius 1 is 1.26 bits per heavy atom. The molecule has 0 aromatic carbocycles. The van der Waals surface area contributed by atoms with E-state index in [1.54, 1.807) is 11.4 Å². The predicted octanol–water partition coefficient (Wildman–Crippen LogP) is 0.0559. The van der Waals surface area contributed by atoms with Crippen LogP contribution in [0.3, 0.4) is 0 Å². The Morgan fingerprint density at radius 3 is 2.32 bits per heavy atom. The van der Waals surface area contributed by atoms with Gasteiger partial charge in [0.2, 0.25) is 0 Å². The van der Waals surface area contributed by atoms with E-state index in [0.717, 1.165) is 19.5 Å². The Kier molecular flexibility index (Phi) is 6.03. The highest BCUT2D eigenvalue weighted by atomic mass is 35.5. The Labute approximate surface area is 122 Å². The topological polar surface area (TPSA) is 61.9 Å². The van der Waals surface area contributed by atoms with Crippen LogP contribution in [0.5, 0.6) is 0 Å². The van der Waals surface area contributed by atoms with Crippen LogP contribution in [0.1, 0.15) is 20.3 Å².